The van der Waals surface area contributed by atoms with Gasteiger partial charge in [-0.05, 0) is 54.8 Å². The second-order valence-electron chi connectivity index (χ2n) is 8.38. The van der Waals surface area contributed by atoms with Crippen LogP contribution in [0, 0.1) is 35.0 Å². The van der Waals surface area contributed by atoms with Gasteiger partial charge in [0.2, 0.25) is 0 Å². The highest BCUT2D eigenvalue weighted by Gasteiger charge is 2.53. The summed E-state index contributed by atoms with van der Waals surface area (Å²) in [6.45, 7) is 8.57. The van der Waals surface area contributed by atoms with E-state index in [9.17, 15) is 14.7 Å². The first-order valence-electron chi connectivity index (χ1n) is 8.94. The number of carbonyl (C=O) groups excluding carboxylic acids is 2. The molecule has 0 unspecified atom stereocenters. The van der Waals surface area contributed by atoms with Crippen LogP contribution in [0.2, 0.25) is 0 Å². The Morgan fingerprint density at radius 1 is 1.32 bits per heavy atom. The van der Waals surface area contributed by atoms with Crippen molar-refractivity contribution in [2.75, 3.05) is 0 Å². The molecule has 0 spiro atoms. The third-order valence-electron chi connectivity index (χ3n) is 6.63. The zero-order valence-corrected chi connectivity index (χ0v) is 14.5. The van der Waals surface area contributed by atoms with Gasteiger partial charge in [0.15, 0.2) is 0 Å². The number of hydrogen-bond acceptors (Lipinski definition) is 3. The van der Waals surface area contributed by atoms with Crippen LogP contribution in [0.5, 0.6) is 0 Å². The largest absolute Gasteiger partial charge is 0.393 e. The van der Waals surface area contributed by atoms with Gasteiger partial charge < -0.3 is 9.90 Å². The van der Waals surface area contributed by atoms with Crippen LogP contribution in [0.1, 0.15) is 66.2 Å². The van der Waals surface area contributed by atoms with Gasteiger partial charge in [-0.25, -0.2) is 0 Å². The standard InChI is InChI=1S/C19H32O3/c1-12(2)16-7-8-19(4)14(6-5-13(3)11-20)9-15(21)10-17(19)18(16)22/h11-14,16-18,22H,5-10H2,1-4H3/t13-,14+,16+,17-,18-,19-/m1/s1. The van der Waals surface area contributed by atoms with Crippen LogP contribution in [0.15, 0.2) is 0 Å². The van der Waals surface area contributed by atoms with Crippen molar-refractivity contribution in [2.45, 2.75) is 72.3 Å². The lowest BCUT2D eigenvalue weighted by atomic mass is 9.51. The summed E-state index contributed by atoms with van der Waals surface area (Å²) < 4.78 is 0. The molecule has 1 N–H and O–H groups in total. The molecule has 6 atom stereocenters. The number of aliphatic hydroxyl groups excluding tert-OH is 1. The number of aldehydes is 1. The maximum absolute atomic E-state index is 12.2. The van der Waals surface area contributed by atoms with Gasteiger partial charge in [-0.2, -0.15) is 0 Å². The van der Waals surface area contributed by atoms with Gasteiger partial charge in [0.05, 0.1) is 6.10 Å². The van der Waals surface area contributed by atoms with Crippen molar-refractivity contribution in [3.05, 3.63) is 0 Å². The highest BCUT2D eigenvalue weighted by molar-refractivity contribution is 5.80. The number of Topliss-reactive ketones (excluding diaryl/α,β-unsaturated/α-hetero) is 1. The van der Waals surface area contributed by atoms with Crippen LogP contribution in [0.3, 0.4) is 0 Å². The predicted molar refractivity (Wildman–Crippen MR) is 87.4 cm³/mol. The van der Waals surface area contributed by atoms with Gasteiger partial charge in [-0.15, -0.1) is 0 Å². The number of aliphatic hydroxyl groups is 1. The van der Waals surface area contributed by atoms with Gasteiger partial charge in [0.25, 0.3) is 0 Å². The maximum atomic E-state index is 12.2. The van der Waals surface area contributed by atoms with Gasteiger partial charge in [0.1, 0.15) is 12.1 Å². The van der Waals surface area contributed by atoms with Crippen LogP contribution in [-0.2, 0) is 9.59 Å². The Bertz CT molecular complexity index is 417. The van der Waals surface area contributed by atoms with E-state index < -0.39 is 0 Å². The molecule has 2 rings (SSSR count). The van der Waals surface area contributed by atoms with Crippen molar-refractivity contribution in [1.29, 1.82) is 0 Å². The van der Waals surface area contributed by atoms with Gasteiger partial charge in [-0.3, -0.25) is 4.79 Å². The third-order valence-corrected chi connectivity index (χ3v) is 6.63. The summed E-state index contributed by atoms with van der Waals surface area (Å²) in [4.78, 5) is 23.1. The molecule has 0 aliphatic heterocycles. The second kappa shape index (κ2) is 6.82. The molecule has 2 aliphatic rings. The smallest absolute Gasteiger partial charge is 0.133 e. The Morgan fingerprint density at radius 3 is 2.59 bits per heavy atom. The lowest BCUT2D eigenvalue weighted by molar-refractivity contribution is -0.147. The van der Waals surface area contributed by atoms with E-state index in [2.05, 4.69) is 20.8 Å². The van der Waals surface area contributed by atoms with Gasteiger partial charge in [0, 0.05) is 18.8 Å². The minimum absolute atomic E-state index is 0.0569. The average molecular weight is 308 g/mol. The van der Waals surface area contributed by atoms with Crippen LogP contribution < -0.4 is 0 Å². The van der Waals surface area contributed by atoms with Crippen molar-refractivity contribution < 1.29 is 14.7 Å². The van der Waals surface area contributed by atoms with E-state index in [1.54, 1.807) is 0 Å². The Labute approximate surface area is 134 Å². The molecule has 126 valence electrons. The molecule has 0 radical (unpaired) electrons. The number of ketones is 1. The van der Waals surface area contributed by atoms with E-state index in [1.807, 2.05) is 6.92 Å². The summed E-state index contributed by atoms with van der Waals surface area (Å²) in [7, 11) is 0. The minimum Gasteiger partial charge on any atom is -0.393 e. The summed E-state index contributed by atoms with van der Waals surface area (Å²) in [6, 6.07) is 0. The molecule has 2 fully saturated rings. The molecular formula is C19H32O3. The van der Waals surface area contributed by atoms with Crippen LogP contribution >= 0.6 is 0 Å². The molecule has 22 heavy (non-hydrogen) atoms. The Morgan fingerprint density at radius 2 is 2.00 bits per heavy atom. The van der Waals surface area contributed by atoms with E-state index in [0.717, 1.165) is 32.0 Å². The van der Waals surface area contributed by atoms with Crippen LogP contribution in [-0.4, -0.2) is 23.3 Å². The van der Waals surface area contributed by atoms with Crippen LogP contribution in [0.25, 0.3) is 0 Å². The van der Waals surface area contributed by atoms with E-state index >= 15 is 0 Å². The van der Waals surface area contributed by atoms with Gasteiger partial charge in [-0.1, -0.05) is 27.7 Å². The lowest BCUT2D eigenvalue weighted by Crippen LogP contribution is -2.53. The fraction of sp³-hybridized carbons (Fsp3) is 0.895. The molecule has 0 aromatic carbocycles. The van der Waals surface area contributed by atoms with E-state index in [-0.39, 0.29) is 23.4 Å². The predicted octanol–water partition coefficient (Wildman–Crippen LogP) is 3.63. The quantitative estimate of drug-likeness (QED) is 0.789. The number of hydrogen-bond donors (Lipinski definition) is 1. The topological polar surface area (TPSA) is 54.4 Å². The molecule has 0 aromatic rings. The van der Waals surface area contributed by atoms with Crippen LogP contribution in [0.4, 0.5) is 0 Å². The molecule has 0 amide bonds. The minimum atomic E-state index is -0.353. The summed E-state index contributed by atoms with van der Waals surface area (Å²) in [5, 5.41) is 10.9. The Kier molecular flexibility index (Phi) is 5.47. The highest BCUT2D eigenvalue weighted by atomic mass is 16.3. The number of fused-ring (bicyclic) bond motifs is 1. The summed E-state index contributed by atoms with van der Waals surface area (Å²) in [5.74, 6) is 1.57. The number of carbonyl (C=O) groups is 2. The summed E-state index contributed by atoms with van der Waals surface area (Å²) >= 11 is 0. The van der Waals surface area contributed by atoms with Crippen molar-refractivity contribution in [3.63, 3.8) is 0 Å². The van der Waals surface area contributed by atoms with Gasteiger partial charge >= 0.3 is 0 Å². The fourth-order valence-corrected chi connectivity index (χ4v) is 4.91. The van der Waals surface area contributed by atoms with Crippen molar-refractivity contribution in [2.24, 2.45) is 35.0 Å². The Balaban J connectivity index is 2.16. The molecule has 2 aliphatic carbocycles. The normalized spacial score (nSPS) is 40.4. The molecular weight excluding hydrogens is 276 g/mol. The molecule has 0 bridgehead atoms. The second-order valence-corrected chi connectivity index (χ2v) is 8.38. The van der Waals surface area contributed by atoms with Crippen molar-refractivity contribution in [1.82, 2.24) is 0 Å². The van der Waals surface area contributed by atoms with E-state index in [0.29, 0.717) is 36.4 Å². The average Bonchev–Trinajstić information content (AvgIpc) is 2.46. The molecule has 0 saturated heterocycles. The first-order chi connectivity index (χ1) is 10.3. The SMILES string of the molecule is CC(C)[C@@H]1CC[C@]2(C)[C@@H](CC[C@@H](C)C=O)CC(=O)C[C@@H]2[C@@H]1O. The fourth-order valence-electron chi connectivity index (χ4n) is 4.91. The summed E-state index contributed by atoms with van der Waals surface area (Å²) in [5.41, 5.74) is 0.0569. The van der Waals surface area contributed by atoms with Crippen molar-refractivity contribution >= 4 is 12.1 Å². The maximum Gasteiger partial charge on any atom is 0.133 e. The first kappa shape index (κ1) is 17.7. The zero-order valence-electron chi connectivity index (χ0n) is 14.5. The third kappa shape index (κ3) is 3.29. The zero-order chi connectivity index (χ0) is 16.5. The molecule has 3 nitrogen and oxygen atoms in total. The summed E-state index contributed by atoms with van der Waals surface area (Å²) in [6.07, 6.45) is 5.78. The monoisotopic (exact) mass is 308 g/mol. The molecule has 2 saturated carbocycles. The van der Waals surface area contributed by atoms with E-state index in [4.69, 9.17) is 0 Å². The lowest BCUT2D eigenvalue weighted by Gasteiger charge is -2.55. The Hall–Kier alpha value is -0.700. The molecule has 0 heterocycles. The molecule has 0 aromatic heterocycles. The van der Waals surface area contributed by atoms with E-state index in [1.165, 1.54) is 0 Å². The first-order valence-corrected chi connectivity index (χ1v) is 8.94. The molecule has 3 heteroatoms. The van der Waals surface area contributed by atoms with Crippen molar-refractivity contribution in [3.8, 4) is 0 Å². The highest BCUT2D eigenvalue weighted by Crippen LogP contribution is 2.56. The number of rotatable bonds is 5.